The zero-order valence-electron chi connectivity index (χ0n) is 22.2. The number of nitrogens with one attached hydrogen (secondary N) is 3. The van der Waals surface area contributed by atoms with Crippen molar-refractivity contribution in [2.75, 3.05) is 10.6 Å². The molecule has 3 aromatic rings. The second kappa shape index (κ2) is 11.0. The average molecular weight is 562 g/mol. The Bertz CT molecular complexity index is 1410. The lowest BCUT2D eigenvalue weighted by atomic mass is 9.92. The van der Waals surface area contributed by atoms with Crippen LogP contribution in [0.4, 0.5) is 24.7 Å². The number of aromatic nitrogens is 2. The van der Waals surface area contributed by atoms with Crippen LogP contribution in [-0.2, 0) is 11.3 Å². The van der Waals surface area contributed by atoms with E-state index in [4.69, 9.17) is 11.6 Å². The van der Waals surface area contributed by atoms with Crippen LogP contribution in [0.1, 0.15) is 68.2 Å². The normalized spacial score (nSPS) is 15.7. The summed E-state index contributed by atoms with van der Waals surface area (Å²) in [7, 11) is 0. The molecule has 7 nitrogen and oxygen atoms in total. The van der Waals surface area contributed by atoms with E-state index in [-0.39, 0.29) is 47.5 Å². The molecule has 1 aromatic heterocycles. The molecule has 0 bridgehead atoms. The number of amides is 2. The van der Waals surface area contributed by atoms with Crippen molar-refractivity contribution in [1.82, 2.24) is 15.3 Å². The number of alkyl halides is 2. The molecule has 0 unspecified atom stereocenters. The Labute approximate surface area is 229 Å². The summed E-state index contributed by atoms with van der Waals surface area (Å²) < 4.78 is 42.6. The first-order valence-corrected chi connectivity index (χ1v) is 13.1. The fourth-order valence-electron chi connectivity index (χ4n) is 4.42. The number of para-hydroxylation sites is 1. The van der Waals surface area contributed by atoms with Crippen molar-refractivity contribution < 1.29 is 22.8 Å². The van der Waals surface area contributed by atoms with E-state index in [2.05, 4.69) is 25.9 Å². The van der Waals surface area contributed by atoms with E-state index in [9.17, 15) is 18.4 Å². The maximum absolute atomic E-state index is 15.4. The highest BCUT2D eigenvalue weighted by atomic mass is 35.5. The average Bonchev–Trinajstić information content (AvgIpc) is 2.84. The van der Waals surface area contributed by atoms with Crippen LogP contribution < -0.4 is 16.0 Å². The van der Waals surface area contributed by atoms with E-state index in [1.807, 2.05) is 0 Å². The molecule has 3 N–H and O–H groups in total. The molecule has 1 saturated carbocycles. The minimum absolute atomic E-state index is 0.0848. The van der Waals surface area contributed by atoms with Crippen molar-refractivity contribution in [2.45, 2.75) is 71.9 Å². The van der Waals surface area contributed by atoms with Gasteiger partial charge in [-0.05, 0) is 38.0 Å². The standard InChI is InChI=1S/C28H31ClF3N5O2/c1-15-34-23-18(24(35-15)36-17-10-12-28(31,32)13-11-17)6-5-7-20(23)37-25(38)21-19(29)9-8-16(22(21)30)14-33-26(39)27(2,3)4/h5-9,17H,10-14H2,1-4H3,(H,33,39)(H,37,38)(H,34,35,36). The van der Waals surface area contributed by atoms with Crippen molar-refractivity contribution in [2.24, 2.45) is 5.41 Å². The first-order chi connectivity index (χ1) is 18.2. The van der Waals surface area contributed by atoms with E-state index < -0.39 is 23.1 Å². The summed E-state index contributed by atoms with van der Waals surface area (Å²) in [6, 6.07) is 7.73. The van der Waals surface area contributed by atoms with Gasteiger partial charge in [0, 0.05) is 41.8 Å². The number of nitrogens with zero attached hydrogens (tertiary/aromatic N) is 2. The molecular weight excluding hydrogens is 531 g/mol. The molecule has 208 valence electrons. The number of benzene rings is 2. The lowest BCUT2D eigenvalue weighted by Crippen LogP contribution is -2.34. The molecule has 0 saturated heterocycles. The van der Waals surface area contributed by atoms with Crippen LogP contribution in [0.15, 0.2) is 30.3 Å². The molecule has 4 rings (SSSR count). The van der Waals surface area contributed by atoms with E-state index in [0.29, 0.717) is 41.1 Å². The fourth-order valence-corrected chi connectivity index (χ4v) is 4.65. The lowest BCUT2D eigenvalue weighted by molar-refractivity contribution is -0.128. The zero-order chi connectivity index (χ0) is 28.5. The summed E-state index contributed by atoms with van der Waals surface area (Å²) in [6.07, 6.45) is 0.217. The molecule has 39 heavy (non-hydrogen) atoms. The van der Waals surface area contributed by atoms with Gasteiger partial charge in [0.15, 0.2) is 0 Å². The Morgan fingerprint density at radius 2 is 1.79 bits per heavy atom. The number of carbonyl (C=O) groups excluding carboxylic acids is 2. The monoisotopic (exact) mass is 561 g/mol. The number of aryl methyl sites for hydroxylation is 1. The van der Waals surface area contributed by atoms with Gasteiger partial charge in [-0.15, -0.1) is 0 Å². The molecular formula is C28H31ClF3N5O2. The third kappa shape index (κ3) is 6.61. The van der Waals surface area contributed by atoms with Crippen LogP contribution in [0.3, 0.4) is 0 Å². The van der Waals surface area contributed by atoms with Crippen LogP contribution >= 0.6 is 11.6 Å². The highest BCUT2D eigenvalue weighted by Crippen LogP contribution is 2.35. The fraction of sp³-hybridized carbons (Fsp3) is 0.429. The quantitative estimate of drug-likeness (QED) is 0.314. The molecule has 0 aliphatic heterocycles. The second-order valence-corrected chi connectivity index (χ2v) is 11.3. The molecule has 2 aromatic carbocycles. The molecule has 1 aliphatic carbocycles. The van der Waals surface area contributed by atoms with Gasteiger partial charge in [0.05, 0.1) is 21.8 Å². The molecule has 1 aliphatic rings. The topological polar surface area (TPSA) is 96.0 Å². The van der Waals surface area contributed by atoms with Gasteiger partial charge >= 0.3 is 0 Å². The van der Waals surface area contributed by atoms with Crippen molar-refractivity contribution >= 4 is 45.8 Å². The number of fused-ring (bicyclic) bond motifs is 1. The highest BCUT2D eigenvalue weighted by molar-refractivity contribution is 6.34. The predicted molar refractivity (Wildman–Crippen MR) is 146 cm³/mol. The first-order valence-electron chi connectivity index (χ1n) is 12.7. The van der Waals surface area contributed by atoms with Crippen LogP contribution in [-0.4, -0.2) is 33.7 Å². The smallest absolute Gasteiger partial charge is 0.260 e. The van der Waals surface area contributed by atoms with Crippen molar-refractivity contribution in [1.29, 1.82) is 0 Å². The van der Waals surface area contributed by atoms with Gasteiger partial charge in [-0.25, -0.2) is 23.1 Å². The maximum Gasteiger partial charge on any atom is 0.260 e. The number of halogens is 4. The third-order valence-corrected chi connectivity index (χ3v) is 6.98. The summed E-state index contributed by atoms with van der Waals surface area (Å²) in [4.78, 5) is 34.4. The van der Waals surface area contributed by atoms with E-state index in [1.54, 1.807) is 45.9 Å². The highest BCUT2D eigenvalue weighted by Gasteiger charge is 2.35. The van der Waals surface area contributed by atoms with Gasteiger partial charge < -0.3 is 16.0 Å². The Balaban J connectivity index is 1.59. The van der Waals surface area contributed by atoms with Crippen molar-refractivity contribution in [3.63, 3.8) is 0 Å². The number of anilines is 2. The van der Waals surface area contributed by atoms with Gasteiger partial charge in [-0.2, -0.15) is 0 Å². The summed E-state index contributed by atoms with van der Waals surface area (Å²) in [5.41, 5.74) is -0.186. The van der Waals surface area contributed by atoms with Crippen LogP contribution in [0, 0.1) is 18.2 Å². The van der Waals surface area contributed by atoms with E-state index in [0.717, 1.165) is 0 Å². The minimum Gasteiger partial charge on any atom is -0.367 e. The number of rotatable bonds is 6. The van der Waals surface area contributed by atoms with Gasteiger partial charge in [-0.3, -0.25) is 9.59 Å². The van der Waals surface area contributed by atoms with Crippen molar-refractivity contribution in [3.05, 3.63) is 58.1 Å². The number of hydrogen-bond acceptors (Lipinski definition) is 5. The molecule has 1 fully saturated rings. The minimum atomic E-state index is -2.65. The van der Waals surface area contributed by atoms with Crippen LogP contribution in [0.2, 0.25) is 5.02 Å². The van der Waals surface area contributed by atoms with E-state index in [1.165, 1.54) is 12.1 Å². The van der Waals surface area contributed by atoms with Gasteiger partial charge in [0.1, 0.15) is 17.5 Å². The van der Waals surface area contributed by atoms with Gasteiger partial charge in [-0.1, -0.05) is 44.5 Å². The Hall–Kier alpha value is -3.40. The summed E-state index contributed by atoms with van der Waals surface area (Å²) >= 11 is 6.22. The predicted octanol–water partition coefficient (Wildman–Crippen LogP) is 6.64. The third-order valence-electron chi connectivity index (χ3n) is 6.66. The van der Waals surface area contributed by atoms with Gasteiger partial charge in [0.25, 0.3) is 5.91 Å². The Kier molecular flexibility index (Phi) is 8.07. The SMILES string of the molecule is Cc1nc(NC2CCC(F)(F)CC2)c2cccc(NC(=O)c3c(Cl)ccc(CNC(=O)C(C)(C)C)c3F)c2n1. The summed E-state index contributed by atoms with van der Waals surface area (Å²) in [5.74, 6) is -3.64. The number of hydrogen-bond donors (Lipinski definition) is 3. The van der Waals surface area contributed by atoms with Gasteiger partial charge in [0.2, 0.25) is 11.8 Å². The maximum atomic E-state index is 15.4. The molecule has 11 heteroatoms. The second-order valence-electron chi connectivity index (χ2n) is 10.9. The molecule has 0 atom stereocenters. The largest absolute Gasteiger partial charge is 0.367 e. The molecule has 1 heterocycles. The Morgan fingerprint density at radius 3 is 2.46 bits per heavy atom. The lowest BCUT2D eigenvalue weighted by Gasteiger charge is -2.29. The Morgan fingerprint density at radius 1 is 1.10 bits per heavy atom. The van der Waals surface area contributed by atoms with Crippen LogP contribution in [0.5, 0.6) is 0 Å². The number of carbonyl (C=O) groups is 2. The summed E-state index contributed by atoms with van der Waals surface area (Å²) in [6.45, 7) is 6.79. The first kappa shape index (κ1) is 28.6. The zero-order valence-corrected chi connectivity index (χ0v) is 23.0. The summed E-state index contributed by atoms with van der Waals surface area (Å²) in [5, 5.41) is 9.13. The van der Waals surface area contributed by atoms with Crippen molar-refractivity contribution in [3.8, 4) is 0 Å². The van der Waals surface area contributed by atoms with E-state index >= 15 is 4.39 Å². The molecule has 2 amide bonds. The molecule has 0 radical (unpaired) electrons. The van der Waals surface area contributed by atoms with Crippen LogP contribution in [0.25, 0.3) is 10.9 Å². The molecule has 0 spiro atoms.